The lowest BCUT2D eigenvalue weighted by Gasteiger charge is -2.36. The summed E-state index contributed by atoms with van der Waals surface area (Å²) in [6, 6.07) is 0. The van der Waals surface area contributed by atoms with Crippen LogP contribution >= 0.6 is 11.9 Å². The van der Waals surface area contributed by atoms with Crippen molar-refractivity contribution in [3.63, 3.8) is 0 Å². The SMILES string of the molecule is CC(C)(C)N1CCSN(C(C)(C)C)CC1. The Morgan fingerprint density at radius 3 is 1.87 bits per heavy atom. The molecule has 2 nitrogen and oxygen atoms in total. The maximum atomic E-state index is 2.59. The predicted octanol–water partition coefficient (Wildman–Crippen LogP) is 2.85. The van der Waals surface area contributed by atoms with Crippen molar-refractivity contribution in [1.29, 1.82) is 0 Å². The highest BCUT2D eigenvalue weighted by molar-refractivity contribution is 7.97. The quantitative estimate of drug-likeness (QED) is 0.591. The zero-order valence-corrected chi connectivity index (χ0v) is 11.9. The first-order valence-electron chi connectivity index (χ1n) is 5.87. The van der Waals surface area contributed by atoms with Crippen LogP contribution in [-0.2, 0) is 0 Å². The highest BCUT2D eigenvalue weighted by atomic mass is 32.2. The molecule has 1 aliphatic rings. The summed E-state index contributed by atoms with van der Waals surface area (Å²) in [5.41, 5.74) is 0.604. The van der Waals surface area contributed by atoms with Gasteiger partial charge in [0.25, 0.3) is 0 Å². The second-order valence-electron chi connectivity index (χ2n) is 6.26. The largest absolute Gasteiger partial charge is 0.296 e. The average molecular weight is 230 g/mol. The Morgan fingerprint density at radius 2 is 1.40 bits per heavy atom. The maximum absolute atomic E-state index is 2.59. The topological polar surface area (TPSA) is 6.48 Å². The molecule has 3 heteroatoms. The van der Waals surface area contributed by atoms with Crippen LogP contribution < -0.4 is 0 Å². The summed E-state index contributed by atoms with van der Waals surface area (Å²) in [7, 11) is 0. The van der Waals surface area contributed by atoms with Crippen LogP contribution in [0.5, 0.6) is 0 Å². The second-order valence-corrected chi connectivity index (χ2v) is 7.37. The number of nitrogens with zero attached hydrogens (tertiary/aromatic N) is 2. The number of rotatable bonds is 0. The zero-order valence-electron chi connectivity index (χ0n) is 11.1. The van der Waals surface area contributed by atoms with Gasteiger partial charge in [-0.3, -0.25) is 4.90 Å². The Kier molecular flexibility index (Phi) is 4.13. The Hall–Kier alpha value is 0.270. The van der Waals surface area contributed by atoms with E-state index in [1.807, 2.05) is 11.9 Å². The van der Waals surface area contributed by atoms with Gasteiger partial charge in [-0.15, -0.1) is 0 Å². The minimum absolute atomic E-state index is 0.290. The van der Waals surface area contributed by atoms with Crippen LogP contribution in [0.4, 0.5) is 0 Å². The van der Waals surface area contributed by atoms with Crippen molar-refractivity contribution >= 4 is 11.9 Å². The molecule has 1 saturated heterocycles. The number of hydrogen-bond acceptors (Lipinski definition) is 3. The smallest absolute Gasteiger partial charge is 0.0229 e. The van der Waals surface area contributed by atoms with E-state index in [1.54, 1.807) is 0 Å². The lowest BCUT2D eigenvalue weighted by atomic mass is 10.1. The van der Waals surface area contributed by atoms with Crippen LogP contribution in [0, 0.1) is 0 Å². The minimum atomic E-state index is 0.290. The van der Waals surface area contributed by atoms with Crippen molar-refractivity contribution in [3.05, 3.63) is 0 Å². The molecular weight excluding hydrogens is 204 g/mol. The summed E-state index contributed by atoms with van der Waals surface area (Å²) in [4.78, 5) is 2.59. The second kappa shape index (κ2) is 4.64. The fourth-order valence-electron chi connectivity index (χ4n) is 1.85. The lowest BCUT2D eigenvalue weighted by molar-refractivity contribution is 0.134. The molecule has 1 rings (SSSR count). The van der Waals surface area contributed by atoms with Gasteiger partial charge in [0, 0.05) is 36.5 Å². The van der Waals surface area contributed by atoms with Gasteiger partial charge in [0.05, 0.1) is 0 Å². The molecular formula is C12H26N2S. The highest BCUT2D eigenvalue weighted by Crippen LogP contribution is 2.27. The molecule has 1 fully saturated rings. The fourth-order valence-corrected chi connectivity index (χ4v) is 2.97. The molecule has 0 amide bonds. The van der Waals surface area contributed by atoms with Crippen LogP contribution in [0.1, 0.15) is 41.5 Å². The van der Waals surface area contributed by atoms with E-state index >= 15 is 0 Å². The van der Waals surface area contributed by atoms with Gasteiger partial charge < -0.3 is 0 Å². The molecule has 0 unspecified atom stereocenters. The normalized spacial score (nSPS) is 22.8. The van der Waals surface area contributed by atoms with Crippen molar-refractivity contribution in [2.24, 2.45) is 0 Å². The summed E-state index contributed by atoms with van der Waals surface area (Å²) in [6.07, 6.45) is 0. The molecule has 15 heavy (non-hydrogen) atoms. The molecule has 0 atom stereocenters. The first kappa shape index (κ1) is 13.3. The van der Waals surface area contributed by atoms with E-state index in [1.165, 1.54) is 25.4 Å². The third-order valence-corrected chi connectivity index (χ3v) is 4.29. The Bertz CT molecular complexity index is 181. The van der Waals surface area contributed by atoms with Crippen molar-refractivity contribution in [1.82, 2.24) is 9.21 Å². The van der Waals surface area contributed by atoms with E-state index < -0.39 is 0 Å². The summed E-state index contributed by atoms with van der Waals surface area (Å²) >= 11 is 2.00. The van der Waals surface area contributed by atoms with E-state index in [0.29, 0.717) is 11.1 Å². The standard InChI is InChI=1S/C12H26N2S/c1-11(2,3)13-7-8-14(12(4,5)6)15-10-9-13/h7-10H2,1-6H3. The Morgan fingerprint density at radius 1 is 0.800 bits per heavy atom. The fraction of sp³-hybridized carbons (Fsp3) is 1.00. The van der Waals surface area contributed by atoms with Crippen molar-refractivity contribution < 1.29 is 0 Å². The maximum Gasteiger partial charge on any atom is 0.0229 e. The van der Waals surface area contributed by atoms with E-state index in [2.05, 4.69) is 50.7 Å². The van der Waals surface area contributed by atoms with Crippen LogP contribution in [0.2, 0.25) is 0 Å². The lowest BCUT2D eigenvalue weighted by Crippen LogP contribution is -2.45. The Balaban J connectivity index is 2.57. The molecule has 90 valence electrons. The number of hydrogen-bond donors (Lipinski definition) is 0. The van der Waals surface area contributed by atoms with Crippen LogP contribution in [0.3, 0.4) is 0 Å². The average Bonchev–Trinajstić information content (AvgIpc) is 2.24. The van der Waals surface area contributed by atoms with Gasteiger partial charge >= 0.3 is 0 Å². The van der Waals surface area contributed by atoms with E-state index in [-0.39, 0.29) is 0 Å². The highest BCUT2D eigenvalue weighted by Gasteiger charge is 2.28. The molecule has 0 bridgehead atoms. The van der Waals surface area contributed by atoms with Crippen LogP contribution in [0.25, 0.3) is 0 Å². The molecule has 0 radical (unpaired) electrons. The van der Waals surface area contributed by atoms with Gasteiger partial charge in [0.15, 0.2) is 0 Å². The van der Waals surface area contributed by atoms with Crippen LogP contribution in [0.15, 0.2) is 0 Å². The molecule has 0 spiro atoms. The molecule has 1 heterocycles. The van der Waals surface area contributed by atoms with Crippen LogP contribution in [-0.4, -0.2) is 45.7 Å². The van der Waals surface area contributed by atoms with Crippen molar-refractivity contribution in [2.75, 3.05) is 25.4 Å². The Labute approximate surface area is 99.5 Å². The van der Waals surface area contributed by atoms with Gasteiger partial charge in [0.2, 0.25) is 0 Å². The van der Waals surface area contributed by atoms with E-state index in [0.717, 1.165) is 0 Å². The van der Waals surface area contributed by atoms with Gasteiger partial charge in [0.1, 0.15) is 0 Å². The summed E-state index contributed by atoms with van der Waals surface area (Å²) < 4.78 is 2.53. The first-order chi connectivity index (χ1) is 6.71. The third kappa shape index (κ3) is 3.97. The van der Waals surface area contributed by atoms with Gasteiger partial charge in [-0.2, -0.15) is 0 Å². The molecule has 0 saturated carbocycles. The van der Waals surface area contributed by atoms with E-state index in [4.69, 9.17) is 0 Å². The molecule has 0 aromatic heterocycles. The van der Waals surface area contributed by atoms with Crippen molar-refractivity contribution in [3.8, 4) is 0 Å². The van der Waals surface area contributed by atoms with Gasteiger partial charge in [-0.1, -0.05) is 11.9 Å². The monoisotopic (exact) mass is 230 g/mol. The summed E-state index contributed by atoms with van der Waals surface area (Å²) in [5.74, 6) is 1.22. The molecule has 1 aliphatic heterocycles. The molecule has 0 aliphatic carbocycles. The van der Waals surface area contributed by atoms with Gasteiger partial charge in [-0.05, 0) is 41.5 Å². The molecule has 0 aromatic carbocycles. The van der Waals surface area contributed by atoms with E-state index in [9.17, 15) is 0 Å². The predicted molar refractivity (Wildman–Crippen MR) is 70.2 cm³/mol. The minimum Gasteiger partial charge on any atom is -0.296 e. The van der Waals surface area contributed by atoms with Gasteiger partial charge in [-0.25, -0.2) is 4.31 Å². The summed E-state index contributed by atoms with van der Waals surface area (Å²) in [5, 5.41) is 0. The molecule has 0 N–H and O–H groups in total. The van der Waals surface area contributed by atoms with Crippen molar-refractivity contribution in [2.45, 2.75) is 52.6 Å². The third-order valence-electron chi connectivity index (χ3n) is 2.88. The molecule has 0 aromatic rings. The first-order valence-corrected chi connectivity index (χ1v) is 6.81. The zero-order chi connectivity index (χ0) is 11.7. The summed E-state index contributed by atoms with van der Waals surface area (Å²) in [6.45, 7) is 17.4.